The van der Waals surface area contributed by atoms with Gasteiger partial charge in [-0.1, -0.05) is 29.8 Å². The average molecular weight is 318 g/mol. The normalized spacial score (nSPS) is 12.7. The minimum Gasteiger partial charge on any atom is -0.287 e. The first-order valence-electron chi connectivity index (χ1n) is 7.13. The quantitative estimate of drug-likeness (QED) is 0.404. The molecule has 0 bridgehead atoms. The van der Waals surface area contributed by atoms with Gasteiger partial charge in [0.25, 0.3) is 0 Å². The summed E-state index contributed by atoms with van der Waals surface area (Å²) < 4.78 is 0. The van der Waals surface area contributed by atoms with Crippen LogP contribution < -0.4 is 0 Å². The first kappa shape index (κ1) is 12.7. The standard InChI is InChI=1S/C18H8ClN3O/c19-11-6-8-21-16-14(11)18(23)17-13-10(5-7-20-15(13)16)9-3-1-2-4-12(9)22-17/h1-8H. The van der Waals surface area contributed by atoms with Gasteiger partial charge in [-0.3, -0.25) is 14.8 Å². The van der Waals surface area contributed by atoms with Crippen LogP contribution in [0.2, 0.25) is 5.02 Å². The van der Waals surface area contributed by atoms with Crippen molar-refractivity contribution in [2.24, 2.45) is 0 Å². The molecule has 1 aliphatic carbocycles. The smallest absolute Gasteiger partial charge is 0.215 e. The van der Waals surface area contributed by atoms with E-state index in [2.05, 4.69) is 15.0 Å². The van der Waals surface area contributed by atoms with Gasteiger partial charge in [0.05, 0.1) is 21.8 Å². The van der Waals surface area contributed by atoms with E-state index in [-0.39, 0.29) is 5.78 Å². The van der Waals surface area contributed by atoms with Crippen LogP contribution in [0, 0.1) is 0 Å². The third kappa shape index (κ3) is 1.56. The maximum atomic E-state index is 12.9. The minimum absolute atomic E-state index is 0.200. The molecule has 23 heavy (non-hydrogen) atoms. The number of ketones is 1. The summed E-state index contributed by atoms with van der Waals surface area (Å²) in [6.07, 6.45) is 3.32. The summed E-state index contributed by atoms with van der Waals surface area (Å²) in [6.45, 7) is 0. The van der Waals surface area contributed by atoms with Crippen LogP contribution in [0.15, 0.2) is 48.8 Å². The third-order valence-electron chi connectivity index (χ3n) is 4.18. The molecule has 5 rings (SSSR count). The van der Waals surface area contributed by atoms with Crippen LogP contribution >= 0.6 is 11.6 Å². The van der Waals surface area contributed by atoms with Gasteiger partial charge in [0.2, 0.25) is 5.78 Å². The second-order valence-corrected chi connectivity index (χ2v) is 5.81. The number of para-hydroxylation sites is 1. The predicted molar refractivity (Wildman–Crippen MR) is 88.7 cm³/mol. The fraction of sp³-hybridized carbons (Fsp3) is 0. The van der Waals surface area contributed by atoms with E-state index < -0.39 is 0 Å². The van der Waals surface area contributed by atoms with Gasteiger partial charge in [0.15, 0.2) is 0 Å². The summed E-state index contributed by atoms with van der Waals surface area (Å²) in [7, 11) is 0. The van der Waals surface area contributed by atoms with Gasteiger partial charge >= 0.3 is 0 Å². The molecular formula is C18H8ClN3O. The minimum atomic E-state index is -0.200. The first-order chi connectivity index (χ1) is 11.3. The van der Waals surface area contributed by atoms with Gasteiger partial charge < -0.3 is 0 Å². The molecule has 0 N–H and O–H groups in total. The van der Waals surface area contributed by atoms with E-state index in [1.54, 1.807) is 18.5 Å². The summed E-state index contributed by atoms with van der Waals surface area (Å²) in [4.78, 5) is 26.3. The SMILES string of the molecule is O=C1c2c(Cl)ccnc2-c2nccc3c2c1nc1ccccc13. The molecule has 4 nitrogen and oxygen atoms in total. The average Bonchev–Trinajstić information content (AvgIpc) is 2.59. The van der Waals surface area contributed by atoms with Gasteiger partial charge in [-0.2, -0.15) is 0 Å². The highest BCUT2D eigenvalue weighted by Gasteiger charge is 2.31. The van der Waals surface area contributed by atoms with Gasteiger partial charge in [-0.25, -0.2) is 4.98 Å². The Hall–Kier alpha value is -2.85. The summed E-state index contributed by atoms with van der Waals surface area (Å²) in [5.74, 6) is -0.200. The van der Waals surface area contributed by atoms with E-state index in [0.29, 0.717) is 27.7 Å². The van der Waals surface area contributed by atoms with Crippen molar-refractivity contribution in [1.82, 2.24) is 15.0 Å². The molecule has 3 heterocycles. The molecule has 0 atom stereocenters. The Balaban J connectivity index is 2.08. The van der Waals surface area contributed by atoms with Crippen LogP contribution in [-0.4, -0.2) is 20.7 Å². The number of aromatic nitrogens is 3. The van der Waals surface area contributed by atoms with Crippen LogP contribution in [0.5, 0.6) is 0 Å². The Morgan fingerprint density at radius 3 is 2.52 bits per heavy atom. The van der Waals surface area contributed by atoms with E-state index in [4.69, 9.17) is 11.6 Å². The van der Waals surface area contributed by atoms with E-state index in [1.807, 2.05) is 30.3 Å². The lowest BCUT2D eigenvalue weighted by molar-refractivity contribution is 0.103. The highest BCUT2D eigenvalue weighted by molar-refractivity contribution is 6.38. The topological polar surface area (TPSA) is 55.7 Å². The molecule has 1 aliphatic rings. The molecule has 0 spiro atoms. The maximum absolute atomic E-state index is 12.9. The van der Waals surface area contributed by atoms with E-state index >= 15 is 0 Å². The molecule has 108 valence electrons. The molecular weight excluding hydrogens is 310 g/mol. The van der Waals surface area contributed by atoms with Crippen molar-refractivity contribution in [1.29, 1.82) is 0 Å². The second kappa shape index (κ2) is 4.33. The molecule has 0 aliphatic heterocycles. The Kier molecular flexibility index (Phi) is 2.39. The number of carbonyl (C=O) groups is 1. The lowest BCUT2D eigenvalue weighted by Crippen LogP contribution is -2.15. The number of hydrogen-bond acceptors (Lipinski definition) is 4. The molecule has 0 saturated heterocycles. The van der Waals surface area contributed by atoms with Crippen LogP contribution in [0.4, 0.5) is 0 Å². The summed E-state index contributed by atoms with van der Waals surface area (Å²) in [5, 5.41) is 3.07. The monoisotopic (exact) mass is 317 g/mol. The Bertz CT molecular complexity index is 1150. The summed E-state index contributed by atoms with van der Waals surface area (Å²) in [5.41, 5.74) is 2.74. The van der Waals surface area contributed by atoms with Crippen molar-refractivity contribution in [3.05, 3.63) is 65.1 Å². The number of rotatable bonds is 0. The predicted octanol–water partition coefficient (Wildman–Crippen LogP) is 4.04. The summed E-state index contributed by atoms with van der Waals surface area (Å²) >= 11 is 6.24. The molecule has 5 heteroatoms. The fourth-order valence-electron chi connectivity index (χ4n) is 3.20. The Morgan fingerprint density at radius 2 is 1.61 bits per heavy atom. The van der Waals surface area contributed by atoms with Gasteiger partial charge in [-0.05, 0) is 23.6 Å². The Labute approximate surface area is 135 Å². The number of fused-ring (bicyclic) bond motifs is 4. The van der Waals surface area contributed by atoms with Crippen LogP contribution in [0.3, 0.4) is 0 Å². The van der Waals surface area contributed by atoms with Crippen molar-refractivity contribution >= 4 is 39.1 Å². The van der Waals surface area contributed by atoms with Crippen LogP contribution in [0.1, 0.15) is 16.1 Å². The molecule has 4 aromatic rings. The lowest BCUT2D eigenvalue weighted by atomic mass is 9.90. The highest BCUT2D eigenvalue weighted by Crippen LogP contribution is 2.40. The number of benzene rings is 1. The van der Waals surface area contributed by atoms with E-state index in [9.17, 15) is 4.79 Å². The maximum Gasteiger partial charge on any atom is 0.215 e. The molecule has 0 amide bonds. The van der Waals surface area contributed by atoms with Crippen molar-refractivity contribution < 1.29 is 4.79 Å². The summed E-state index contributed by atoms with van der Waals surface area (Å²) in [6, 6.07) is 11.3. The zero-order valence-corrected chi connectivity index (χ0v) is 12.5. The van der Waals surface area contributed by atoms with Gasteiger partial charge in [-0.15, -0.1) is 0 Å². The van der Waals surface area contributed by atoms with Crippen molar-refractivity contribution in [2.45, 2.75) is 0 Å². The lowest BCUT2D eigenvalue weighted by Gasteiger charge is -2.19. The first-order valence-corrected chi connectivity index (χ1v) is 7.50. The number of carbonyl (C=O) groups excluding carboxylic acids is 1. The van der Waals surface area contributed by atoms with Crippen molar-refractivity contribution in [2.75, 3.05) is 0 Å². The molecule has 1 aromatic carbocycles. The van der Waals surface area contributed by atoms with Gasteiger partial charge in [0, 0.05) is 23.2 Å². The zero-order chi connectivity index (χ0) is 15.6. The molecule has 0 saturated carbocycles. The molecule has 0 radical (unpaired) electrons. The molecule has 0 unspecified atom stereocenters. The van der Waals surface area contributed by atoms with E-state index in [0.717, 1.165) is 21.7 Å². The van der Waals surface area contributed by atoms with Crippen molar-refractivity contribution in [3.63, 3.8) is 0 Å². The van der Waals surface area contributed by atoms with Crippen LogP contribution in [-0.2, 0) is 0 Å². The molecule has 0 fully saturated rings. The number of nitrogens with zero attached hydrogens (tertiary/aromatic N) is 3. The highest BCUT2D eigenvalue weighted by atomic mass is 35.5. The molecule has 3 aromatic heterocycles. The van der Waals surface area contributed by atoms with Crippen LogP contribution in [0.25, 0.3) is 33.1 Å². The fourth-order valence-corrected chi connectivity index (χ4v) is 3.43. The Morgan fingerprint density at radius 1 is 0.826 bits per heavy atom. The number of pyridine rings is 3. The number of halogens is 1. The van der Waals surface area contributed by atoms with E-state index in [1.165, 1.54) is 0 Å². The van der Waals surface area contributed by atoms with Crippen molar-refractivity contribution in [3.8, 4) is 11.4 Å². The largest absolute Gasteiger partial charge is 0.287 e. The zero-order valence-electron chi connectivity index (χ0n) is 11.7. The number of hydrogen-bond donors (Lipinski definition) is 0. The third-order valence-corrected chi connectivity index (χ3v) is 4.50. The second-order valence-electron chi connectivity index (χ2n) is 5.41. The van der Waals surface area contributed by atoms with Gasteiger partial charge in [0.1, 0.15) is 11.4 Å².